The third-order valence-electron chi connectivity index (χ3n) is 2.68. The Balaban J connectivity index is 2.22. The lowest BCUT2D eigenvalue weighted by molar-refractivity contribution is 0.447. The van der Waals surface area contributed by atoms with Crippen LogP contribution in [0.25, 0.3) is 22.6 Å². The Labute approximate surface area is 105 Å². The molecule has 96 valence electrons. The predicted molar refractivity (Wildman–Crippen MR) is 63.7 cm³/mol. The Morgan fingerprint density at radius 3 is 2.37 bits per heavy atom. The van der Waals surface area contributed by atoms with Crippen LogP contribution in [-0.4, -0.2) is 4.98 Å². The van der Waals surface area contributed by atoms with Crippen molar-refractivity contribution in [2.75, 3.05) is 5.73 Å². The number of para-hydroxylation sites is 1. The Kier molecular flexibility index (Phi) is 2.45. The van der Waals surface area contributed by atoms with Gasteiger partial charge in [-0.1, -0.05) is 6.07 Å². The molecule has 0 saturated carbocycles. The number of nitrogens with two attached hydrogens (primary N) is 1. The van der Waals surface area contributed by atoms with Gasteiger partial charge in [-0.05, 0) is 24.3 Å². The van der Waals surface area contributed by atoms with Gasteiger partial charge < -0.3 is 10.2 Å². The predicted octanol–water partition coefficient (Wildman–Crippen LogP) is 3.49. The molecule has 6 heteroatoms. The standard InChI is InChI=1S/C13H7F3N2O/c14-7-4-6(5-8(15)11(7)16)13-18-12-9(17)2-1-3-10(12)19-13/h1-5H,17H2. The van der Waals surface area contributed by atoms with Crippen molar-refractivity contribution < 1.29 is 17.6 Å². The molecule has 0 spiro atoms. The van der Waals surface area contributed by atoms with Gasteiger partial charge in [0.05, 0.1) is 5.69 Å². The molecule has 19 heavy (non-hydrogen) atoms. The normalized spacial score (nSPS) is 11.1. The molecule has 0 fully saturated rings. The smallest absolute Gasteiger partial charge is 0.227 e. The molecule has 1 aromatic heterocycles. The van der Waals surface area contributed by atoms with E-state index in [1.807, 2.05) is 0 Å². The number of anilines is 1. The van der Waals surface area contributed by atoms with E-state index in [1.165, 1.54) is 0 Å². The molecule has 2 aromatic carbocycles. The largest absolute Gasteiger partial charge is 0.436 e. The molecule has 3 nitrogen and oxygen atoms in total. The Morgan fingerprint density at radius 1 is 1.05 bits per heavy atom. The van der Waals surface area contributed by atoms with Crippen molar-refractivity contribution in [2.24, 2.45) is 0 Å². The van der Waals surface area contributed by atoms with Gasteiger partial charge in [-0.3, -0.25) is 0 Å². The van der Waals surface area contributed by atoms with Crippen LogP contribution in [0.4, 0.5) is 18.9 Å². The van der Waals surface area contributed by atoms with Crippen LogP contribution in [0.1, 0.15) is 0 Å². The van der Waals surface area contributed by atoms with Gasteiger partial charge >= 0.3 is 0 Å². The lowest BCUT2D eigenvalue weighted by Crippen LogP contribution is -1.92. The highest BCUT2D eigenvalue weighted by Crippen LogP contribution is 2.28. The van der Waals surface area contributed by atoms with Gasteiger partial charge in [-0.2, -0.15) is 0 Å². The second-order valence-corrected chi connectivity index (χ2v) is 3.97. The van der Waals surface area contributed by atoms with Crippen LogP contribution in [0, 0.1) is 17.5 Å². The van der Waals surface area contributed by atoms with Crippen LogP contribution in [0.15, 0.2) is 34.7 Å². The molecule has 0 bridgehead atoms. The minimum Gasteiger partial charge on any atom is -0.436 e. The molecule has 0 aliphatic heterocycles. The van der Waals surface area contributed by atoms with Crippen molar-refractivity contribution in [3.63, 3.8) is 0 Å². The number of halogens is 3. The Morgan fingerprint density at radius 2 is 1.74 bits per heavy atom. The third kappa shape index (κ3) is 1.81. The fourth-order valence-electron chi connectivity index (χ4n) is 1.77. The van der Waals surface area contributed by atoms with Gasteiger partial charge in [0.1, 0.15) is 5.52 Å². The molecule has 3 rings (SSSR count). The van der Waals surface area contributed by atoms with Crippen molar-refractivity contribution in [1.29, 1.82) is 0 Å². The second kappa shape index (κ2) is 4.01. The van der Waals surface area contributed by atoms with Gasteiger partial charge in [0.25, 0.3) is 0 Å². The number of nitrogen functional groups attached to an aromatic ring is 1. The molecular weight excluding hydrogens is 257 g/mol. The number of rotatable bonds is 1. The minimum atomic E-state index is -1.53. The highest BCUT2D eigenvalue weighted by atomic mass is 19.2. The summed E-state index contributed by atoms with van der Waals surface area (Å²) in [5, 5.41) is 0. The molecule has 3 aromatic rings. The molecule has 0 atom stereocenters. The maximum Gasteiger partial charge on any atom is 0.227 e. The number of nitrogens with zero attached hydrogens (tertiary/aromatic N) is 1. The summed E-state index contributed by atoms with van der Waals surface area (Å²) in [6, 6.07) is 6.55. The van der Waals surface area contributed by atoms with Crippen LogP contribution >= 0.6 is 0 Å². The van der Waals surface area contributed by atoms with E-state index in [-0.39, 0.29) is 11.5 Å². The minimum absolute atomic E-state index is 0.00648. The van der Waals surface area contributed by atoms with Crippen LogP contribution in [0.3, 0.4) is 0 Å². The molecule has 0 amide bonds. The Bertz CT molecular complexity index is 760. The average molecular weight is 264 g/mol. The number of benzene rings is 2. The number of oxazole rings is 1. The van der Waals surface area contributed by atoms with Crippen molar-refractivity contribution in [3.8, 4) is 11.5 Å². The maximum absolute atomic E-state index is 13.2. The second-order valence-electron chi connectivity index (χ2n) is 3.97. The molecule has 1 heterocycles. The summed E-state index contributed by atoms with van der Waals surface area (Å²) in [6.45, 7) is 0. The Hall–Kier alpha value is -2.50. The highest BCUT2D eigenvalue weighted by Gasteiger charge is 2.16. The van der Waals surface area contributed by atoms with Gasteiger partial charge in [-0.25, -0.2) is 18.2 Å². The number of hydrogen-bond acceptors (Lipinski definition) is 3. The molecule has 0 aliphatic carbocycles. The molecule has 2 N–H and O–H groups in total. The summed E-state index contributed by atoms with van der Waals surface area (Å²) >= 11 is 0. The van der Waals surface area contributed by atoms with Gasteiger partial charge in [0.2, 0.25) is 5.89 Å². The fourth-order valence-corrected chi connectivity index (χ4v) is 1.77. The number of fused-ring (bicyclic) bond motifs is 1. The summed E-state index contributed by atoms with van der Waals surface area (Å²) in [6.07, 6.45) is 0. The van der Waals surface area contributed by atoms with Crippen LogP contribution in [0.2, 0.25) is 0 Å². The lowest BCUT2D eigenvalue weighted by Gasteiger charge is -1.98. The first-order valence-electron chi connectivity index (χ1n) is 5.36. The van der Waals surface area contributed by atoms with Gasteiger partial charge in [0.15, 0.2) is 23.0 Å². The first-order chi connectivity index (χ1) is 9.06. The average Bonchev–Trinajstić information content (AvgIpc) is 2.81. The topological polar surface area (TPSA) is 52.0 Å². The number of hydrogen-bond donors (Lipinski definition) is 1. The summed E-state index contributed by atoms with van der Waals surface area (Å²) in [5.74, 6) is -4.15. The monoisotopic (exact) mass is 264 g/mol. The summed E-state index contributed by atoms with van der Waals surface area (Å²) in [7, 11) is 0. The molecule has 0 aliphatic rings. The molecule has 0 unspecified atom stereocenters. The molecular formula is C13H7F3N2O. The zero-order chi connectivity index (χ0) is 13.6. The van der Waals surface area contributed by atoms with E-state index in [2.05, 4.69) is 4.98 Å². The van der Waals surface area contributed by atoms with Crippen LogP contribution in [-0.2, 0) is 0 Å². The van der Waals surface area contributed by atoms with E-state index in [4.69, 9.17) is 10.2 Å². The van der Waals surface area contributed by atoms with Crippen molar-refractivity contribution >= 4 is 16.8 Å². The lowest BCUT2D eigenvalue weighted by atomic mass is 10.2. The molecule has 0 radical (unpaired) electrons. The SMILES string of the molecule is Nc1cccc2oc(-c3cc(F)c(F)c(F)c3)nc12. The zero-order valence-corrected chi connectivity index (χ0v) is 9.45. The summed E-state index contributed by atoms with van der Waals surface area (Å²) in [4.78, 5) is 4.05. The van der Waals surface area contributed by atoms with E-state index < -0.39 is 17.5 Å². The van der Waals surface area contributed by atoms with E-state index in [1.54, 1.807) is 18.2 Å². The fraction of sp³-hybridized carbons (Fsp3) is 0. The maximum atomic E-state index is 13.2. The molecule has 0 saturated heterocycles. The third-order valence-corrected chi connectivity index (χ3v) is 2.68. The van der Waals surface area contributed by atoms with Crippen LogP contribution in [0.5, 0.6) is 0 Å². The summed E-state index contributed by atoms with van der Waals surface area (Å²) < 4.78 is 44.5. The quantitative estimate of drug-likeness (QED) is 0.540. The van der Waals surface area contributed by atoms with E-state index in [9.17, 15) is 13.2 Å². The van der Waals surface area contributed by atoms with Gasteiger partial charge in [0, 0.05) is 5.56 Å². The number of aromatic nitrogens is 1. The highest BCUT2D eigenvalue weighted by molar-refractivity contribution is 5.87. The van der Waals surface area contributed by atoms with E-state index in [0.29, 0.717) is 16.8 Å². The van der Waals surface area contributed by atoms with Crippen molar-refractivity contribution in [3.05, 3.63) is 47.8 Å². The first-order valence-corrected chi connectivity index (χ1v) is 5.36. The van der Waals surface area contributed by atoms with E-state index >= 15 is 0 Å². The van der Waals surface area contributed by atoms with Crippen molar-refractivity contribution in [2.45, 2.75) is 0 Å². The summed E-state index contributed by atoms with van der Waals surface area (Å²) in [5.41, 5.74) is 6.87. The van der Waals surface area contributed by atoms with Gasteiger partial charge in [-0.15, -0.1) is 0 Å². The van der Waals surface area contributed by atoms with Crippen molar-refractivity contribution in [1.82, 2.24) is 4.98 Å². The zero-order valence-electron chi connectivity index (χ0n) is 9.45. The van der Waals surface area contributed by atoms with Crippen LogP contribution < -0.4 is 5.73 Å². The van der Waals surface area contributed by atoms with E-state index in [0.717, 1.165) is 12.1 Å². The first kappa shape index (κ1) is 11.6.